The zero-order valence-electron chi connectivity index (χ0n) is 12.6. The van der Waals surface area contributed by atoms with E-state index in [0.29, 0.717) is 0 Å². The van der Waals surface area contributed by atoms with Crippen LogP contribution < -0.4 is 15.3 Å². The van der Waals surface area contributed by atoms with Crippen LogP contribution in [0.5, 0.6) is 0 Å². The first-order chi connectivity index (χ1) is 11.5. The van der Waals surface area contributed by atoms with Crippen LogP contribution in [-0.2, 0) is 29.4 Å². The van der Waals surface area contributed by atoms with Crippen molar-refractivity contribution in [2.24, 2.45) is 5.73 Å². The third kappa shape index (κ3) is 7.87. The molecule has 0 saturated carbocycles. The number of rotatable bonds is 11. The maximum absolute atomic E-state index is 12.2. The molecule has 2 atom stereocenters. The maximum atomic E-state index is 12.2. The highest BCUT2D eigenvalue weighted by Crippen LogP contribution is 2.06. The van der Waals surface area contributed by atoms with Crippen molar-refractivity contribution >= 4 is 58.4 Å². The highest BCUT2D eigenvalue weighted by Gasteiger charge is 2.34. The average Bonchev–Trinajstić information content (AvgIpc) is 2.54. The first-order valence-electron chi connectivity index (χ1n) is 6.50. The van der Waals surface area contributed by atoms with E-state index in [1.807, 2.05) is 0 Å². The van der Waals surface area contributed by atoms with Crippen LogP contribution in [0.3, 0.4) is 0 Å². The van der Waals surface area contributed by atoms with Gasteiger partial charge in [-0.2, -0.15) is 21.0 Å². The van der Waals surface area contributed by atoms with Gasteiger partial charge >= 0.3 is 22.1 Å². The van der Waals surface area contributed by atoms with Crippen molar-refractivity contribution in [3.63, 3.8) is 0 Å². The van der Waals surface area contributed by atoms with Crippen LogP contribution in [-0.4, -0.2) is 71.1 Å². The highest BCUT2D eigenvalue weighted by atomic mass is 35.5. The average molecular weight is 421 g/mol. The Balaban J connectivity index is 5.10. The number of hydrogen-bond donors (Lipinski definition) is 6. The summed E-state index contributed by atoms with van der Waals surface area (Å²) in [6.07, 6.45) is -0.584. The fourth-order valence-electron chi connectivity index (χ4n) is 1.48. The largest absolute Gasteiger partial charge is 0.480 e. The Hall–Kier alpha value is -1.61. The number of carboxylic acids is 2. The van der Waals surface area contributed by atoms with Gasteiger partial charge in [-0.1, -0.05) is 0 Å². The number of nitrogens with two attached hydrogens (primary N) is 1. The first kappa shape index (κ1) is 23.4. The summed E-state index contributed by atoms with van der Waals surface area (Å²) in [5.41, 5.74) is 5.23. The summed E-state index contributed by atoms with van der Waals surface area (Å²) in [5.74, 6) is -5.40. The molecule has 0 spiro atoms. The Labute approximate surface area is 153 Å². The molecule has 2 unspecified atom stereocenters. The predicted molar refractivity (Wildman–Crippen MR) is 87.9 cm³/mol. The molecule has 0 aliphatic carbocycles. The lowest BCUT2D eigenvalue weighted by atomic mass is 10.1. The Morgan fingerprint density at radius 3 is 2.20 bits per heavy atom. The number of carboxylic acid groups (broad SMARTS) is 2. The third-order valence-electron chi connectivity index (χ3n) is 2.73. The topological polar surface area (TPSA) is 196 Å². The molecule has 0 fully saturated rings. The minimum absolute atomic E-state index is 0.0769. The van der Waals surface area contributed by atoms with E-state index in [-0.39, 0.29) is 22.9 Å². The zero-order valence-corrected chi connectivity index (χ0v) is 15.1. The van der Waals surface area contributed by atoms with Crippen LogP contribution in [0.1, 0.15) is 12.8 Å². The van der Waals surface area contributed by atoms with Gasteiger partial charge in [-0.15, -0.1) is 4.24 Å². The number of carbonyl (C=O) groups excluding carboxylic acids is 2. The molecular weight excluding hydrogens is 404 g/mol. The van der Waals surface area contributed by atoms with Crippen LogP contribution >= 0.6 is 24.4 Å². The van der Waals surface area contributed by atoms with E-state index in [4.69, 9.17) is 27.7 Å². The van der Waals surface area contributed by atoms with Gasteiger partial charge in [0.05, 0.1) is 0 Å². The summed E-state index contributed by atoms with van der Waals surface area (Å²) in [5, 5.41) is 19.5. The molecule has 0 rings (SSSR count). The van der Waals surface area contributed by atoms with Gasteiger partial charge < -0.3 is 21.3 Å². The van der Waals surface area contributed by atoms with Crippen LogP contribution in [0.15, 0.2) is 0 Å². The van der Waals surface area contributed by atoms with Crippen molar-refractivity contribution in [3.05, 3.63) is 0 Å². The normalized spacial score (nSPS) is 13.6. The summed E-state index contributed by atoms with van der Waals surface area (Å²) in [6, 6.07) is -2.78. The monoisotopic (exact) mass is 420 g/mol. The van der Waals surface area contributed by atoms with Gasteiger partial charge in [0.15, 0.2) is 0 Å². The SMILES string of the molecule is NC(CCC(=O)NC(CS)C(=O)N(CC(=O)O)S(=O)(=O)NCl)C(=O)O. The molecule has 0 saturated heterocycles. The smallest absolute Gasteiger partial charge is 0.324 e. The van der Waals surface area contributed by atoms with Crippen molar-refractivity contribution in [2.75, 3.05) is 12.3 Å². The van der Waals surface area contributed by atoms with Crippen LogP contribution in [0.25, 0.3) is 0 Å². The zero-order chi connectivity index (χ0) is 19.8. The molecule has 0 aromatic rings. The Kier molecular flexibility index (Phi) is 9.73. The van der Waals surface area contributed by atoms with Crippen molar-refractivity contribution < 1.29 is 37.8 Å². The Morgan fingerprint density at radius 1 is 1.24 bits per heavy atom. The molecule has 0 radical (unpaired) electrons. The second-order valence-electron chi connectivity index (χ2n) is 4.61. The number of halogens is 1. The van der Waals surface area contributed by atoms with Crippen LogP contribution in [0.4, 0.5) is 0 Å². The molecule has 0 aliphatic rings. The lowest BCUT2D eigenvalue weighted by Crippen LogP contribution is -2.54. The lowest BCUT2D eigenvalue weighted by Gasteiger charge is -2.24. The van der Waals surface area contributed by atoms with E-state index in [0.717, 1.165) is 0 Å². The number of carbonyl (C=O) groups is 4. The van der Waals surface area contributed by atoms with Gasteiger partial charge in [0.25, 0.3) is 5.91 Å². The second-order valence-corrected chi connectivity index (χ2v) is 6.98. The summed E-state index contributed by atoms with van der Waals surface area (Å²) in [7, 11) is -4.65. The number of hydrogen-bond acceptors (Lipinski definition) is 8. The Morgan fingerprint density at radius 2 is 1.80 bits per heavy atom. The fourth-order valence-corrected chi connectivity index (χ4v) is 2.71. The van der Waals surface area contributed by atoms with Crippen LogP contribution in [0.2, 0.25) is 0 Å². The van der Waals surface area contributed by atoms with Gasteiger partial charge in [0.1, 0.15) is 18.6 Å². The van der Waals surface area contributed by atoms with E-state index in [9.17, 15) is 27.6 Å². The number of nitrogens with one attached hydrogen (secondary N) is 2. The molecule has 0 aliphatic heterocycles. The van der Waals surface area contributed by atoms with Gasteiger partial charge in [-0.05, 0) is 18.2 Å². The van der Waals surface area contributed by atoms with Gasteiger partial charge in [0.2, 0.25) is 5.91 Å². The second kappa shape index (κ2) is 10.4. The molecule has 15 heteroatoms. The van der Waals surface area contributed by atoms with Gasteiger partial charge in [-0.25, -0.2) is 4.31 Å². The lowest BCUT2D eigenvalue weighted by molar-refractivity contribution is -0.142. The molecule has 0 bridgehead atoms. The van der Waals surface area contributed by atoms with E-state index >= 15 is 0 Å². The van der Waals surface area contributed by atoms with E-state index in [1.54, 1.807) is 0 Å². The third-order valence-corrected chi connectivity index (χ3v) is 4.76. The van der Waals surface area contributed by atoms with E-state index < -0.39 is 52.6 Å². The number of nitrogens with zero attached hydrogens (tertiary/aromatic N) is 1. The number of aliphatic carboxylic acids is 2. The molecule has 0 heterocycles. The predicted octanol–water partition coefficient (Wildman–Crippen LogP) is -2.51. The molecule has 144 valence electrons. The first-order valence-corrected chi connectivity index (χ1v) is 8.95. The minimum Gasteiger partial charge on any atom is -0.480 e. The van der Waals surface area contributed by atoms with Crippen molar-refractivity contribution in [2.45, 2.75) is 24.9 Å². The fraction of sp³-hybridized carbons (Fsp3) is 0.600. The highest BCUT2D eigenvalue weighted by molar-refractivity contribution is 7.88. The summed E-state index contributed by atoms with van der Waals surface area (Å²) in [6.45, 7) is -1.23. The molecule has 25 heavy (non-hydrogen) atoms. The summed E-state index contributed by atoms with van der Waals surface area (Å²) < 4.78 is 24.5. The van der Waals surface area contributed by atoms with Crippen molar-refractivity contribution in [3.8, 4) is 0 Å². The summed E-state index contributed by atoms with van der Waals surface area (Å²) >= 11 is 8.79. The Bertz CT molecular complexity index is 628. The molecule has 0 aromatic carbocycles. The number of amides is 2. The van der Waals surface area contributed by atoms with E-state index in [1.165, 1.54) is 4.24 Å². The van der Waals surface area contributed by atoms with Gasteiger partial charge in [-0.3, -0.25) is 19.2 Å². The molecule has 0 aromatic heterocycles. The summed E-state index contributed by atoms with van der Waals surface area (Å²) in [4.78, 5) is 45.2. The van der Waals surface area contributed by atoms with Crippen molar-refractivity contribution in [1.82, 2.24) is 13.9 Å². The molecule has 12 nitrogen and oxygen atoms in total. The molecule has 6 N–H and O–H groups in total. The van der Waals surface area contributed by atoms with Crippen molar-refractivity contribution in [1.29, 1.82) is 0 Å². The quantitative estimate of drug-likeness (QED) is 0.154. The van der Waals surface area contributed by atoms with E-state index in [2.05, 4.69) is 17.9 Å². The maximum Gasteiger partial charge on any atom is 0.324 e. The molecule has 2 amide bonds. The van der Waals surface area contributed by atoms with Crippen LogP contribution in [0, 0.1) is 0 Å². The standard InChI is InChI=1S/C10H17ClN4O8S2/c11-14-25(22,23)15(3-8(17)18)9(19)6(4-24)13-7(16)2-1-5(12)10(20)21/h5-6,14,24H,1-4,12H2,(H,13,16)(H,17,18)(H,20,21). The number of thiol groups is 1. The van der Waals surface area contributed by atoms with Gasteiger partial charge in [0, 0.05) is 12.2 Å². The minimum atomic E-state index is -4.65. The molecular formula is C10H17ClN4O8S2.